The van der Waals surface area contributed by atoms with Gasteiger partial charge in [0.2, 0.25) is 5.88 Å². The van der Waals surface area contributed by atoms with E-state index in [1.54, 1.807) is 6.07 Å². The van der Waals surface area contributed by atoms with Crippen molar-refractivity contribution in [3.63, 3.8) is 0 Å². The van der Waals surface area contributed by atoms with Gasteiger partial charge in [0.05, 0.1) is 18.9 Å². The second-order valence-corrected chi connectivity index (χ2v) is 9.42. The van der Waals surface area contributed by atoms with Gasteiger partial charge in [-0.15, -0.1) is 13.2 Å². The van der Waals surface area contributed by atoms with E-state index in [1.807, 2.05) is 0 Å². The normalized spacial score (nSPS) is 25.1. The van der Waals surface area contributed by atoms with Gasteiger partial charge in [-0.3, -0.25) is 9.59 Å². The van der Waals surface area contributed by atoms with Crippen LogP contribution in [0.5, 0.6) is 11.6 Å². The summed E-state index contributed by atoms with van der Waals surface area (Å²) in [7, 11) is 0. The number of nitrogens with two attached hydrogens (primary N) is 1. The number of hydrogen-bond donors (Lipinski definition) is 2. The number of carbonyl (C=O) groups excluding carboxylic acids is 2. The van der Waals surface area contributed by atoms with Crippen LogP contribution in [0.3, 0.4) is 0 Å². The standard InChI is InChI=1S/C24H24F3N3O5/c25-24(26,27)35-16-3-1-2-13(6-16)21(32)29-15-8-23(9-15)10-17(11-23)34-22-18(20(28)31)7-14-12-33-5-4-19(14)30-22/h1-3,6-7,15,17H,4-5,8-12H2,(H2,28,31)(H,29,32)/t15-,17-,23?. The Balaban J connectivity index is 1.14. The second-order valence-electron chi connectivity index (χ2n) is 9.42. The molecule has 8 nitrogen and oxygen atoms in total. The lowest BCUT2D eigenvalue weighted by atomic mass is 9.53. The highest BCUT2D eigenvalue weighted by molar-refractivity contribution is 5.95. The van der Waals surface area contributed by atoms with E-state index in [1.165, 1.54) is 12.1 Å². The van der Waals surface area contributed by atoms with Gasteiger partial charge in [-0.25, -0.2) is 4.98 Å². The number of primary amides is 1. The van der Waals surface area contributed by atoms with E-state index in [9.17, 15) is 22.8 Å². The molecule has 11 heteroatoms. The van der Waals surface area contributed by atoms with Gasteiger partial charge in [0, 0.05) is 23.6 Å². The Morgan fingerprint density at radius 3 is 2.66 bits per heavy atom. The summed E-state index contributed by atoms with van der Waals surface area (Å²) < 4.78 is 52.6. The van der Waals surface area contributed by atoms with E-state index in [-0.39, 0.29) is 34.6 Å². The van der Waals surface area contributed by atoms with Crippen LogP contribution in [-0.4, -0.2) is 41.9 Å². The summed E-state index contributed by atoms with van der Waals surface area (Å²) in [5, 5.41) is 2.87. The van der Waals surface area contributed by atoms with Gasteiger partial charge in [-0.1, -0.05) is 6.07 Å². The Labute approximate surface area is 198 Å². The predicted octanol–water partition coefficient (Wildman–Crippen LogP) is 3.27. The van der Waals surface area contributed by atoms with Gasteiger partial charge in [0.1, 0.15) is 17.4 Å². The van der Waals surface area contributed by atoms with Crippen molar-refractivity contribution in [2.45, 2.75) is 57.2 Å². The Morgan fingerprint density at radius 1 is 1.17 bits per heavy atom. The molecule has 5 rings (SSSR count). The van der Waals surface area contributed by atoms with Crippen LogP contribution in [0.4, 0.5) is 13.2 Å². The van der Waals surface area contributed by atoms with Crippen molar-refractivity contribution in [2.24, 2.45) is 11.1 Å². The van der Waals surface area contributed by atoms with Crippen LogP contribution >= 0.6 is 0 Å². The van der Waals surface area contributed by atoms with E-state index >= 15 is 0 Å². The highest BCUT2D eigenvalue weighted by Gasteiger charge is 2.54. The fourth-order valence-corrected chi connectivity index (χ4v) is 5.20. The molecule has 1 aliphatic heterocycles. The quantitative estimate of drug-likeness (QED) is 0.642. The van der Waals surface area contributed by atoms with Gasteiger partial charge in [-0.05, 0) is 55.4 Å². The second kappa shape index (κ2) is 8.71. The number of rotatable bonds is 6. The zero-order chi connectivity index (χ0) is 24.8. The van der Waals surface area contributed by atoms with E-state index in [0.717, 1.165) is 49.1 Å². The van der Waals surface area contributed by atoms with Crippen LogP contribution < -0.4 is 20.5 Å². The summed E-state index contributed by atoms with van der Waals surface area (Å²) in [6.45, 7) is 0.955. The number of hydrogen-bond acceptors (Lipinski definition) is 6. The van der Waals surface area contributed by atoms with Gasteiger partial charge in [0.15, 0.2) is 0 Å². The van der Waals surface area contributed by atoms with E-state index in [0.29, 0.717) is 19.6 Å². The molecular weight excluding hydrogens is 467 g/mol. The van der Waals surface area contributed by atoms with E-state index < -0.39 is 23.9 Å². The maximum Gasteiger partial charge on any atom is 0.573 e. The minimum atomic E-state index is -4.82. The topological polar surface area (TPSA) is 113 Å². The molecule has 0 atom stereocenters. The van der Waals surface area contributed by atoms with E-state index in [4.69, 9.17) is 15.2 Å². The lowest BCUT2D eigenvalue weighted by Gasteiger charge is -2.57. The van der Waals surface area contributed by atoms with Gasteiger partial charge < -0.3 is 25.3 Å². The average Bonchev–Trinajstić information content (AvgIpc) is 2.74. The third-order valence-electron chi connectivity index (χ3n) is 6.79. The van der Waals surface area contributed by atoms with Crippen LogP contribution in [0.1, 0.15) is 57.7 Å². The number of nitrogens with one attached hydrogen (secondary N) is 1. The first-order valence-corrected chi connectivity index (χ1v) is 11.3. The van der Waals surface area contributed by atoms with E-state index in [2.05, 4.69) is 15.0 Å². The monoisotopic (exact) mass is 491 g/mol. The van der Waals surface area contributed by atoms with Crippen LogP contribution in [0.25, 0.3) is 0 Å². The molecule has 2 aliphatic carbocycles. The predicted molar refractivity (Wildman–Crippen MR) is 116 cm³/mol. The highest BCUT2D eigenvalue weighted by Crippen LogP contribution is 2.56. The third kappa shape index (κ3) is 5.04. The van der Waals surface area contributed by atoms with Crippen LogP contribution in [0, 0.1) is 5.41 Å². The molecule has 3 N–H and O–H groups in total. The van der Waals surface area contributed by atoms with Crippen molar-refractivity contribution in [1.29, 1.82) is 0 Å². The van der Waals surface area contributed by atoms with Gasteiger partial charge in [0.25, 0.3) is 11.8 Å². The molecule has 0 bridgehead atoms. The number of fused-ring (bicyclic) bond motifs is 1. The molecule has 2 amide bonds. The molecule has 0 radical (unpaired) electrons. The van der Waals surface area contributed by atoms with Crippen LogP contribution in [0.15, 0.2) is 30.3 Å². The number of amides is 2. The van der Waals surface area contributed by atoms with Crippen LogP contribution in [0.2, 0.25) is 0 Å². The van der Waals surface area contributed by atoms with Crippen molar-refractivity contribution in [1.82, 2.24) is 10.3 Å². The maximum atomic E-state index is 12.5. The summed E-state index contributed by atoms with van der Waals surface area (Å²) in [5.41, 5.74) is 7.60. The Kier molecular flexibility index (Phi) is 5.82. The number of halogens is 3. The van der Waals surface area contributed by atoms with Crippen molar-refractivity contribution < 1.29 is 37.0 Å². The zero-order valence-corrected chi connectivity index (χ0v) is 18.7. The minimum Gasteiger partial charge on any atom is -0.474 e. The molecule has 186 valence electrons. The fraction of sp³-hybridized carbons (Fsp3) is 0.458. The smallest absolute Gasteiger partial charge is 0.474 e. The minimum absolute atomic E-state index is 0.0405. The molecule has 0 unspecified atom stereocenters. The maximum absolute atomic E-state index is 12.5. The molecule has 35 heavy (non-hydrogen) atoms. The first kappa shape index (κ1) is 23.4. The fourth-order valence-electron chi connectivity index (χ4n) is 5.20. The number of carbonyl (C=O) groups is 2. The summed E-state index contributed by atoms with van der Waals surface area (Å²) >= 11 is 0. The Morgan fingerprint density at radius 2 is 1.94 bits per heavy atom. The molecular formula is C24H24F3N3O5. The highest BCUT2D eigenvalue weighted by atomic mass is 19.4. The molecule has 3 aliphatic rings. The molecule has 1 spiro atoms. The first-order chi connectivity index (χ1) is 16.6. The number of pyridine rings is 1. The van der Waals surface area contributed by atoms with Crippen molar-refractivity contribution in [2.75, 3.05) is 6.61 Å². The van der Waals surface area contributed by atoms with Crippen molar-refractivity contribution in [3.05, 3.63) is 52.7 Å². The molecule has 2 aromatic rings. The summed E-state index contributed by atoms with van der Waals surface area (Å²) in [6, 6.07) is 6.61. The molecule has 0 saturated heterocycles. The lowest BCUT2D eigenvalue weighted by Crippen LogP contribution is -2.58. The molecule has 1 aromatic carbocycles. The zero-order valence-electron chi connectivity index (χ0n) is 18.7. The molecule has 2 fully saturated rings. The van der Waals surface area contributed by atoms with Crippen molar-refractivity contribution in [3.8, 4) is 11.6 Å². The number of ether oxygens (including phenoxy) is 3. The van der Waals surface area contributed by atoms with Crippen LogP contribution in [-0.2, 0) is 17.8 Å². The number of benzene rings is 1. The molecule has 1 aromatic heterocycles. The average molecular weight is 491 g/mol. The first-order valence-electron chi connectivity index (χ1n) is 11.3. The molecule has 2 saturated carbocycles. The van der Waals surface area contributed by atoms with Crippen molar-refractivity contribution >= 4 is 11.8 Å². The number of aromatic nitrogens is 1. The number of alkyl halides is 3. The van der Waals surface area contributed by atoms with Gasteiger partial charge >= 0.3 is 6.36 Å². The summed E-state index contributed by atoms with van der Waals surface area (Å²) in [6.07, 6.45) is -1.27. The van der Waals surface area contributed by atoms with Gasteiger partial charge in [-0.2, -0.15) is 0 Å². The lowest BCUT2D eigenvalue weighted by molar-refractivity contribution is -0.274. The summed E-state index contributed by atoms with van der Waals surface area (Å²) in [4.78, 5) is 28.9. The third-order valence-corrected chi connectivity index (χ3v) is 6.79. The number of nitrogens with zero attached hydrogens (tertiary/aromatic N) is 1. The Bertz CT molecular complexity index is 1160. The largest absolute Gasteiger partial charge is 0.573 e. The Hall–Kier alpha value is -3.34. The summed E-state index contributed by atoms with van der Waals surface area (Å²) in [5.74, 6) is -1.24. The SMILES string of the molecule is NC(=O)c1cc2c(nc1O[C@H]1CC3(C[C@H](NC(=O)c4cccc(OC(F)(F)F)c4)C3)C1)CCOC2. The molecule has 2 heterocycles.